The van der Waals surface area contributed by atoms with Crippen LogP contribution in [0.4, 0.5) is 10.6 Å². The molecule has 0 fully saturated rings. The molecule has 8 nitrogen and oxygen atoms in total. The molecular formula is C19H24N6O2. The number of H-pyrrole nitrogens is 1. The highest BCUT2D eigenvalue weighted by Crippen LogP contribution is 2.23. The van der Waals surface area contributed by atoms with E-state index in [2.05, 4.69) is 41.2 Å². The van der Waals surface area contributed by atoms with Gasteiger partial charge in [-0.25, -0.2) is 9.78 Å². The smallest absolute Gasteiger partial charge is 0.320 e. The van der Waals surface area contributed by atoms with E-state index in [1.54, 1.807) is 37.0 Å². The summed E-state index contributed by atoms with van der Waals surface area (Å²) in [5.74, 6) is 1.04. The number of nitrogens with one attached hydrogen (secondary N) is 2. The zero-order valence-corrected chi connectivity index (χ0v) is 16.2. The standard InChI is InChI=1S/C19H24N6O2/c1-19(2,3)14-10-16(25(5)23-14)22-18(27)24(4)11-15-20-13-9-7-6-8-12(13)17(26)21-15/h6-10H,11H2,1-5H3,(H,22,27)(H,20,21,26). The Hall–Kier alpha value is -3.16. The van der Waals surface area contributed by atoms with Gasteiger partial charge in [-0.2, -0.15) is 5.10 Å². The van der Waals surface area contributed by atoms with Gasteiger partial charge in [0.15, 0.2) is 0 Å². The molecule has 0 radical (unpaired) electrons. The summed E-state index contributed by atoms with van der Waals surface area (Å²) >= 11 is 0. The minimum absolute atomic E-state index is 0.110. The quantitative estimate of drug-likeness (QED) is 0.743. The molecule has 0 aliphatic rings. The predicted octanol–water partition coefficient (Wildman–Crippen LogP) is 2.62. The molecule has 0 unspecified atom stereocenters. The van der Waals surface area contributed by atoms with Crippen LogP contribution in [0.25, 0.3) is 10.9 Å². The van der Waals surface area contributed by atoms with Crippen molar-refractivity contribution in [1.82, 2.24) is 24.6 Å². The Kier molecular flexibility index (Phi) is 4.73. The molecule has 0 aliphatic carbocycles. The number of benzene rings is 1. The summed E-state index contributed by atoms with van der Waals surface area (Å²) in [6.07, 6.45) is 0. The zero-order valence-electron chi connectivity index (χ0n) is 16.2. The molecule has 2 amide bonds. The van der Waals surface area contributed by atoms with E-state index in [-0.39, 0.29) is 23.6 Å². The van der Waals surface area contributed by atoms with Crippen LogP contribution in [0.15, 0.2) is 35.1 Å². The first-order chi connectivity index (χ1) is 12.6. The van der Waals surface area contributed by atoms with Gasteiger partial charge in [0.05, 0.1) is 23.1 Å². The Morgan fingerprint density at radius 3 is 2.67 bits per heavy atom. The van der Waals surface area contributed by atoms with Gasteiger partial charge in [0, 0.05) is 25.6 Å². The largest absolute Gasteiger partial charge is 0.323 e. The normalized spacial score (nSPS) is 11.6. The summed E-state index contributed by atoms with van der Waals surface area (Å²) in [5, 5.41) is 7.82. The lowest BCUT2D eigenvalue weighted by molar-refractivity contribution is 0.219. The number of rotatable bonds is 3. The summed E-state index contributed by atoms with van der Waals surface area (Å²) in [6, 6.07) is 8.66. The topological polar surface area (TPSA) is 95.9 Å². The number of fused-ring (bicyclic) bond motifs is 1. The summed E-state index contributed by atoms with van der Waals surface area (Å²) in [5.41, 5.74) is 1.17. The van der Waals surface area contributed by atoms with E-state index in [9.17, 15) is 9.59 Å². The van der Waals surface area contributed by atoms with Crippen molar-refractivity contribution in [3.05, 3.63) is 52.2 Å². The van der Waals surface area contributed by atoms with E-state index in [0.29, 0.717) is 22.5 Å². The van der Waals surface area contributed by atoms with Crippen molar-refractivity contribution in [3.63, 3.8) is 0 Å². The number of amides is 2. The minimum atomic E-state index is -0.311. The van der Waals surface area contributed by atoms with Gasteiger partial charge in [0.25, 0.3) is 5.56 Å². The molecule has 2 heterocycles. The lowest BCUT2D eigenvalue weighted by Crippen LogP contribution is -2.32. The third-order valence-corrected chi connectivity index (χ3v) is 4.28. The van der Waals surface area contributed by atoms with Crippen LogP contribution >= 0.6 is 0 Å². The molecule has 8 heteroatoms. The molecule has 0 atom stereocenters. The first kappa shape index (κ1) is 18.6. The Bertz CT molecular complexity index is 1040. The molecule has 27 heavy (non-hydrogen) atoms. The van der Waals surface area contributed by atoms with Gasteiger partial charge in [-0.05, 0) is 12.1 Å². The SMILES string of the molecule is CN(Cc1nc2ccccc2c(=O)[nH]1)C(=O)Nc1cc(C(C)(C)C)nn1C. The van der Waals surface area contributed by atoms with E-state index in [1.165, 1.54) is 4.90 Å². The van der Waals surface area contributed by atoms with E-state index < -0.39 is 0 Å². The van der Waals surface area contributed by atoms with Gasteiger partial charge >= 0.3 is 6.03 Å². The molecule has 0 saturated carbocycles. The van der Waals surface area contributed by atoms with Gasteiger partial charge in [-0.1, -0.05) is 32.9 Å². The lowest BCUT2D eigenvalue weighted by atomic mass is 9.92. The van der Waals surface area contributed by atoms with E-state index in [1.807, 2.05) is 12.1 Å². The first-order valence-electron chi connectivity index (χ1n) is 8.70. The Labute approximate surface area is 157 Å². The second-order valence-corrected chi connectivity index (χ2v) is 7.60. The monoisotopic (exact) mass is 368 g/mol. The summed E-state index contributed by atoms with van der Waals surface area (Å²) in [6.45, 7) is 6.37. The lowest BCUT2D eigenvalue weighted by Gasteiger charge is -2.17. The highest BCUT2D eigenvalue weighted by Gasteiger charge is 2.20. The summed E-state index contributed by atoms with van der Waals surface area (Å²) < 4.78 is 1.64. The van der Waals surface area contributed by atoms with Crippen LogP contribution in [0.2, 0.25) is 0 Å². The molecule has 142 valence electrons. The van der Waals surface area contributed by atoms with Gasteiger partial charge in [-0.3, -0.25) is 14.8 Å². The Morgan fingerprint density at radius 1 is 1.30 bits per heavy atom. The highest BCUT2D eigenvalue weighted by atomic mass is 16.2. The van der Waals surface area contributed by atoms with Crippen molar-refractivity contribution in [2.45, 2.75) is 32.7 Å². The highest BCUT2D eigenvalue weighted by molar-refractivity contribution is 5.88. The number of hydrogen-bond donors (Lipinski definition) is 2. The van der Waals surface area contributed by atoms with Crippen molar-refractivity contribution in [2.24, 2.45) is 7.05 Å². The number of carbonyl (C=O) groups excluding carboxylic acids is 1. The molecule has 3 aromatic rings. The molecule has 0 spiro atoms. The molecule has 2 aromatic heterocycles. The molecular weight excluding hydrogens is 344 g/mol. The second kappa shape index (κ2) is 6.86. The van der Waals surface area contributed by atoms with Crippen molar-refractivity contribution < 1.29 is 4.79 Å². The molecule has 3 rings (SSSR count). The molecule has 0 bridgehead atoms. The van der Waals surface area contributed by atoms with Crippen molar-refractivity contribution in [3.8, 4) is 0 Å². The number of hydrogen-bond acceptors (Lipinski definition) is 4. The number of para-hydroxylation sites is 1. The van der Waals surface area contributed by atoms with Crippen LogP contribution in [0, 0.1) is 0 Å². The van der Waals surface area contributed by atoms with E-state index >= 15 is 0 Å². The van der Waals surface area contributed by atoms with Crippen LogP contribution in [-0.2, 0) is 19.0 Å². The van der Waals surface area contributed by atoms with Crippen molar-refractivity contribution >= 4 is 22.8 Å². The fourth-order valence-electron chi connectivity index (χ4n) is 2.66. The molecule has 1 aromatic carbocycles. The fourth-order valence-corrected chi connectivity index (χ4v) is 2.66. The predicted molar refractivity (Wildman–Crippen MR) is 105 cm³/mol. The van der Waals surface area contributed by atoms with Crippen molar-refractivity contribution in [1.29, 1.82) is 0 Å². The molecule has 0 aliphatic heterocycles. The van der Waals surface area contributed by atoms with Crippen LogP contribution < -0.4 is 10.9 Å². The average molecular weight is 368 g/mol. The Balaban J connectivity index is 1.75. The first-order valence-corrected chi connectivity index (χ1v) is 8.70. The number of urea groups is 1. The third-order valence-electron chi connectivity index (χ3n) is 4.28. The van der Waals surface area contributed by atoms with Crippen molar-refractivity contribution in [2.75, 3.05) is 12.4 Å². The average Bonchev–Trinajstić information content (AvgIpc) is 2.96. The van der Waals surface area contributed by atoms with Gasteiger partial charge in [-0.15, -0.1) is 0 Å². The third kappa shape index (κ3) is 3.99. The van der Waals surface area contributed by atoms with Gasteiger partial charge < -0.3 is 9.88 Å². The number of aromatic amines is 1. The van der Waals surface area contributed by atoms with E-state index in [4.69, 9.17) is 0 Å². The number of carbonyl (C=O) groups is 1. The maximum absolute atomic E-state index is 12.5. The van der Waals surface area contributed by atoms with Gasteiger partial charge in [0.1, 0.15) is 11.6 Å². The number of aryl methyl sites for hydroxylation is 1. The summed E-state index contributed by atoms with van der Waals surface area (Å²) in [7, 11) is 3.43. The Morgan fingerprint density at radius 2 is 2.00 bits per heavy atom. The number of aromatic nitrogens is 4. The molecule has 2 N–H and O–H groups in total. The van der Waals surface area contributed by atoms with E-state index in [0.717, 1.165) is 5.69 Å². The number of anilines is 1. The maximum atomic E-state index is 12.5. The summed E-state index contributed by atoms with van der Waals surface area (Å²) in [4.78, 5) is 33.3. The molecule has 0 saturated heterocycles. The fraction of sp³-hybridized carbons (Fsp3) is 0.368. The second-order valence-electron chi connectivity index (χ2n) is 7.60. The zero-order chi connectivity index (χ0) is 19.8. The van der Waals surface area contributed by atoms with Crippen LogP contribution in [-0.4, -0.2) is 37.7 Å². The maximum Gasteiger partial charge on any atom is 0.323 e. The number of nitrogens with zero attached hydrogens (tertiary/aromatic N) is 4. The van der Waals surface area contributed by atoms with Crippen LogP contribution in [0.5, 0.6) is 0 Å². The van der Waals surface area contributed by atoms with Gasteiger partial charge in [0.2, 0.25) is 0 Å². The van der Waals surface area contributed by atoms with Crippen LogP contribution in [0.1, 0.15) is 32.3 Å². The minimum Gasteiger partial charge on any atom is -0.320 e. The van der Waals surface area contributed by atoms with Crippen LogP contribution in [0.3, 0.4) is 0 Å².